The Labute approximate surface area is 154 Å². The Bertz CT molecular complexity index is 1040. The zero-order valence-electron chi connectivity index (χ0n) is 15.1. The SMILES string of the molecule is Cc1ccc(-c2ccc(-c3ccccc3)cc2)cc1-c1nccc[n+]1C. The van der Waals surface area contributed by atoms with Gasteiger partial charge < -0.3 is 0 Å². The Morgan fingerprint density at radius 2 is 1.31 bits per heavy atom. The van der Waals surface area contributed by atoms with E-state index >= 15 is 0 Å². The van der Waals surface area contributed by atoms with Gasteiger partial charge in [0.15, 0.2) is 0 Å². The summed E-state index contributed by atoms with van der Waals surface area (Å²) in [4.78, 5) is 4.56. The van der Waals surface area contributed by atoms with Crippen molar-refractivity contribution in [1.82, 2.24) is 4.98 Å². The van der Waals surface area contributed by atoms with Crippen molar-refractivity contribution >= 4 is 0 Å². The summed E-state index contributed by atoms with van der Waals surface area (Å²) in [5.41, 5.74) is 7.28. The highest BCUT2D eigenvalue weighted by molar-refractivity contribution is 5.74. The topological polar surface area (TPSA) is 16.8 Å². The van der Waals surface area contributed by atoms with Crippen molar-refractivity contribution in [3.63, 3.8) is 0 Å². The van der Waals surface area contributed by atoms with Crippen molar-refractivity contribution in [1.29, 1.82) is 0 Å². The second-order valence-electron chi connectivity index (χ2n) is 6.53. The molecular weight excluding hydrogens is 316 g/mol. The Morgan fingerprint density at radius 3 is 2.00 bits per heavy atom. The van der Waals surface area contributed by atoms with Gasteiger partial charge in [-0.25, -0.2) is 4.57 Å². The molecule has 0 saturated heterocycles. The first-order chi connectivity index (χ1) is 12.7. The minimum absolute atomic E-state index is 0.979. The molecular formula is C24H21N2+. The number of hydrogen-bond donors (Lipinski definition) is 0. The number of aryl methyl sites for hydroxylation is 2. The van der Waals surface area contributed by atoms with Crippen LogP contribution in [0.1, 0.15) is 5.56 Å². The molecule has 0 bridgehead atoms. The Hall–Kier alpha value is -3.26. The molecule has 0 unspecified atom stereocenters. The van der Waals surface area contributed by atoms with Crippen molar-refractivity contribution in [3.05, 3.63) is 96.8 Å². The van der Waals surface area contributed by atoms with Gasteiger partial charge in [-0.05, 0) is 45.8 Å². The van der Waals surface area contributed by atoms with Gasteiger partial charge in [-0.3, -0.25) is 0 Å². The molecule has 0 N–H and O–H groups in total. The molecule has 4 aromatic rings. The van der Waals surface area contributed by atoms with Gasteiger partial charge in [0.2, 0.25) is 0 Å². The van der Waals surface area contributed by atoms with Crippen molar-refractivity contribution in [2.45, 2.75) is 6.92 Å². The predicted octanol–water partition coefficient (Wildman–Crippen LogP) is 5.22. The highest BCUT2D eigenvalue weighted by atomic mass is 15.0. The third-order valence-electron chi connectivity index (χ3n) is 4.73. The molecule has 1 heterocycles. The number of hydrogen-bond acceptors (Lipinski definition) is 1. The molecule has 0 aliphatic rings. The summed E-state index contributed by atoms with van der Waals surface area (Å²) >= 11 is 0. The fraction of sp³-hybridized carbons (Fsp3) is 0.0833. The molecule has 0 aliphatic carbocycles. The summed E-state index contributed by atoms with van der Waals surface area (Å²) in [7, 11) is 2.03. The highest BCUT2D eigenvalue weighted by Crippen LogP contribution is 2.28. The zero-order valence-corrected chi connectivity index (χ0v) is 15.1. The summed E-state index contributed by atoms with van der Waals surface area (Å²) in [5.74, 6) is 0.979. The Balaban J connectivity index is 1.73. The molecule has 0 amide bonds. The normalized spacial score (nSPS) is 10.7. The fourth-order valence-electron chi connectivity index (χ4n) is 3.23. The van der Waals surface area contributed by atoms with Crippen molar-refractivity contribution in [2.24, 2.45) is 7.05 Å². The van der Waals surface area contributed by atoms with Crippen LogP contribution in [0, 0.1) is 6.92 Å². The van der Waals surface area contributed by atoms with Crippen molar-refractivity contribution in [3.8, 4) is 33.6 Å². The van der Waals surface area contributed by atoms with E-state index in [1.807, 2.05) is 31.6 Å². The first-order valence-electron chi connectivity index (χ1n) is 8.80. The van der Waals surface area contributed by atoms with Gasteiger partial charge >= 0.3 is 5.82 Å². The molecule has 126 valence electrons. The number of rotatable bonds is 3. The number of aromatic nitrogens is 2. The van der Waals surface area contributed by atoms with E-state index in [1.165, 1.54) is 27.8 Å². The van der Waals surface area contributed by atoms with Crippen LogP contribution in [0.5, 0.6) is 0 Å². The molecule has 0 saturated carbocycles. The zero-order chi connectivity index (χ0) is 17.9. The minimum atomic E-state index is 0.979. The molecule has 0 radical (unpaired) electrons. The lowest BCUT2D eigenvalue weighted by Crippen LogP contribution is -2.31. The van der Waals surface area contributed by atoms with Crippen LogP contribution >= 0.6 is 0 Å². The van der Waals surface area contributed by atoms with E-state index in [2.05, 4.69) is 83.2 Å². The van der Waals surface area contributed by atoms with E-state index in [1.54, 1.807) is 0 Å². The molecule has 3 aromatic carbocycles. The van der Waals surface area contributed by atoms with E-state index in [-0.39, 0.29) is 0 Å². The Kier molecular flexibility index (Phi) is 4.32. The quantitative estimate of drug-likeness (QED) is 0.469. The average molecular weight is 337 g/mol. The third kappa shape index (κ3) is 3.14. The van der Waals surface area contributed by atoms with Gasteiger partial charge in [0.05, 0.1) is 18.8 Å². The molecule has 2 heteroatoms. The lowest BCUT2D eigenvalue weighted by Gasteiger charge is -2.08. The standard InChI is InChI=1S/C24H21N2/c1-18-9-10-22(17-23(18)24-25-15-6-16-26(24)2)21-13-11-20(12-14-21)19-7-4-3-5-8-19/h3-17H,1-2H3/q+1. The van der Waals surface area contributed by atoms with Crippen LogP contribution in [-0.2, 0) is 7.05 Å². The molecule has 0 fully saturated rings. The van der Waals surface area contributed by atoms with Crippen LogP contribution < -0.4 is 4.57 Å². The van der Waals surface area contributed by atoms with Crippen LogP contribution in [-0.4, -0.2) is 4.98 Å². The van der Waals surface area contributed by atoms with Gasteiger partial charge in [0, 0.05) is 6.07 Å². The second-order valence-corrected chi connectivity index (χ2v) is 6.53. The van der Waals surface area contributed by atoms with Gasteiger partial charge in [-0.1, -0.05) is 66.7 Å². The largest absolute Gasteiger partial charge is 0.330 e. The first-order valence-corrected chi connectivity index (χ1v) is 8.80. The predicted molar refractivity (Wildman–Crippen MR) is 106 cm³/mol. The van der Waals surface area contributed by atoms with E-state index < -0.39 is 0 Å². The van der Waals surface area contributed by atoms with Crippen LogP contribution in [0.2, 0.25) is 0 Å². The maximum Gasteiger partial charge on any atom is 0.330 e. The van der Waals surface area contributed by atoms with Gasteiger partial charge in [-0.2, -0.15) is 0 Å². The van der Waals surface area contributed by atoms with Crippen molar-refractivity contribution < 1.29 is 4.57 Å². The first kappa shape index (κ1) is 16.2. The summed E-state index contributed by atoms with van der Waals surface area (Å²) < 4.78 is 2.06. The van der Waals surface area contributed by atoms with Gasteiger partial charge in [0.25, 0.3) is 0 Å². The molecule has 2 nitrogen and oxygen atoms in total. The summed E-state index contributed by atoms with van der Waals surface area (Å²) in [6, 6.07) is 27.7. The van der Waals surface area contributed by atoms with E-state index in [4.69, 9.17) is 0 Å². The van der Waals surface area contributed by atoms with E-state index in [9.17, 15) is 0 Å². The maximum absolute atomic E-state index is 4.56. The molecule has 1 aromatic heterocycles. The second kappa shape index (κ2) is 6.93. The summed E-state index contributed by atoms with van der Waals surface area (Å²) in [6.07, 6.45) is 3.87. The van der Waals surface area contributed by atoms with E-state index in [0.29, 0.717) is 0 Å². The molecule has 0 spiro atoms. The molecule has 4 rings (SSSR count). The highest BCUT2D eigenvalue weighted by Gasteiger charge is 2.15. The Morgan fingerprint density at radius 1 is 0.692 bits per heavy atom. The molecule has 26 heavy (non-hydrogen) atoms. The smallest absolute Gasteiger partial charge is 0.233 e. The van der Waals surface area contributed by atoms with E-state index in [0.717, 1.165) is 11.4 Å². The summed E-state index contributed by atoms with van der Waals surface area (Å²) in [5, 5.41) is 0. The lowest BCUT2D eigenvalue weighted by molar-refractivity contribution is -0.663. The fourth-order valence-corrected chi connectivity index (χ4v) is 3.23. The van der Waals surface area contributed by atoms with Crippen LogP contribution in [0.25, 0.3) is 33.6 Å². The monoisotopic (exact) mass is 337 g/mol. The summed E-state index contributed by atoms with van der Waals surface area (Å²) in [6.45, 7) is 2.13. The van der Waals surface area contributed by atoms with Gasteiger partial charge in [-0.15, -0.1) is 0 Å². The van der Waals surface area contributed by atoms with Crippen LogP contribution in [0.4, 0.5) is 0 Å². The number of benzene rings is 3. The minimum Gasteiger partial charge on any atom is -0.233 e. The van der Waals surface area contributed by atoms with Crippen LogP contribution in [0.15, 0.2) is 91.3 Å². The average Bonchev–Trinajstić information content (AvgIpc) is 2.70. The number of nitrogens with zero attached hydrogens (tertiary/aromatic N) is 2. The maximum atomic E-state index is 4.56. The van der Waals surface area contributed by atoms with Gasteiger partial charge in [0.1, 0.15) is 6.20 Å². The van der Waals surface area contributed by atoms with Crippen molar-refractivity contribution in [2.75, 3.05) is 0 Å². The van der Waals surface area contributed by atoms with Crippen LogP contribution in [0.3, 0.4) is 0 Å². The third-order valence-corrected chi connectivity index (χ3v) is 4.73. The molecule has 0 atom stereocenters. The molecule has 0 aliphatic heterocycles. The lowest BCUT2D eigenvalue weighted by atomic mass is 9.97.